The molecule has 34 heavy (non-hydrogen) atoms. The Labute approximate surface area is 193 Å². The summed E-state index contributed by atoms with van der Waals surface area (Å²) in [4.78, 5) is 37.6. The second-order valence-electron chi connectivity index (χ2n) is 7.66. The molecule has 178 valence electrons. The third kappa shape index (κ3) is 4.98. The molecule has 0 aliphatic carbocycles. The Morgan fingerprint density at radius 2 is 1.71 bits per heavy atom. The van der Waals surface area contributed by atoms with Gasteiger partial charge in [-0.3, -0.25) is 9.36 Å². The summed E-state index contributed by atoms with van der Waals surface area (Å²) >= 11 is 0. The van der Waals surface area contributed by atoms with Crippen LogP contribution in [0.3, 0.4) is 0 Å². The summed E-state index contributed by atoms with van der Waals surface area (Å²) in [6.45, 7) is -0.831. The van der Waals surface area contributed by atoms with Crippen molar-refractivity contribution in [3.8, 4) is 0 Å². The molecule has 1 aromatic heterocycles. The van der Waals surface area contributed by atoms with Gasteiger partial charge in [0.15, 0.2) is 18.5 Å². The molecule has 3 aromatic rings. The van der Waals surface area contributed by atoms with Crippen LogP contribution in [0.5, 0.6) is 0 Å². The number of alkyl halides is 1. The Hall–Kier alpha value is -3.60. The predicted molar refractivity (Wildman–Crippen MR) is 118 cm³/mol. The number of rotatable bonds is 8. The first-order valence-corrected chi connectivity index (χ1v) is 10.6. The topological polar surface area (TPSA) is 109 Å². The fourth-order valence-corrected chi connectivity index (χ4v) is 3.64. The van der Waals surface area contributed by atoms with Crippen molar-refractivity contribution in [3.05, 3.63) is 105 Å². The van der Waals surface area contributed by atoms with Gasteiger partial charge in [0.05, 0.1) is 18.8 Å². The zero-order valence-electron chi connectivity index (χ0n) is 18.0. The summed E-state index contributed by atoms with van der Waals surface area (Å²) in [6, 6.07) is 18.2. The number of aromatic nitrogens is 2. The lowest BCUT2D eigenvalue weighted by molar-refractivity contribution is -0.0545. The quantitative estimate of drug-likeness (QED) is 0.499. The van der Waals surface area contributed by atoms with Gasteiger partial charge < -0.3 is 19.3 Å². The van der Waals surface area contributed by atoms with Crippen molar-refractivity contribution in [2.45, 2.75) is 37.9 Å². The van der Waals surface area contributed by atoms with Crippen molar-refractivity contribution in [1.29, 1.82) is 0 Å². The van der Waals surface area contributed by atoms with E-state index >= 15 is 4.39 Å². The lowest BCUT2D eigenvalue weighted by Crippen LogP contribution is -2.43. The fourth-order valence-electron chi connectivity index (χ4n) is 3.64. The van der Waals surface area contributed by atoms with Gasteiger partial charge in [0.1, 0.15) is 12.8 Å². The number of aliphatic hydroxyl groups excluding tert-OH is 1. The zero-order valence-corrected chi connectivity index (χ0v) is 18.0. The fraction of sp³-hybridized carbons (Fsp3) is 0.292. The largest absolute Gasteiger partial charge is 0.453 e. The lowest BCUT2D eigenvalue weighted by atomic mass is 10.1. The average molecular weight is 470 g/mol. The van der Waals surface area contributed by atoms with Gasteiger partial charge in [-0.15, -0.1) is 0 Å². The molecule has 1 fully saturated rings. The van der Waals surface area contributed by atoms with Gasteiger partial charge in [0.2, 0.25) is 0 Å². The summed E-state index contributed by atoms with van der Waals surface area (Å²) in [5, 5.41) is 9.65. The highest BCUT2D eigenvalue weighted by Crippen LogP contribution is 2.33. The van der Waals surface area contributed by atoms with Crippen LogP contribution < -0.4 is 11.2 Å². The third-order valence-electron chi connectivity index (χ3n) is 5.40. The van der Waals surface area contributed by atoms with E-state index in [1.54, 1.807) is 18.2 Å². The highest BCUT2D eigenvalue weighted by atomic mass is 19.1. The van der Waals surface area contributed by atoms with Gasteiger partial charge in [-0.1, -0.05) is 48.5 Å². The van der Waals surface area contributed by atoms with Crippen LogP contribution in [0.2, 0.25) is 0 Å². The molecule has 4 atom stereocenters. The summed E-state index contributed by atoms with van der Waals surface area (Å²) < 4.78 is 33.3. The van der Waals surface area contributed by atoms with Crippen molar-refractivity contribution >= 4 is 5.97 Å². The van der Waals surface area contributed by atoms with E-state index in [0.29, 0.717) is 0 Å². The number of carbonyl (C=O) groups excluding carboxylic acids is 1. The molecule has 0 bridgehead atoms. The number of aliphatic hydroxyl groups is 1. The number of esters is 1. The zero-order chi connectivity index (χ0) is 24.1. The number of benzene rings is 2. The molecule has 9 nitrogen and oxygen atoms in total. The van der Waals surface area contributed by atoms with Crippen LogP contribution in [0, 0.1) is 0 Å². The first-order valence-electron chi connectivity index (χ1n) is 10.6. The number of carbonyl (C=O) groups is 1. The van der Waals surface area contributed by atoms with Crippen LogP contribution in [-0.2, 0) is 27.5 Å². The van der Waals surface area contributed by atoms with E-state index in [1.165, 1.54) is 12.1 Å². The third-order valence-corrected chi connectivity index (χ3v) is 5.40. The second-order valence-corrected chi connectivity index (χ2v) is 7.66. The molecule has 1 aliphatic rings. The van der Waals surface area contributed by atoms with Crippen LogP contribution in [-0.4, -0.2) is 45.2 Å². The molecule has 0 amide bonds. The summed E-state index contributed by atoms with van der Waals surface area (Å²) in [5.41, 5.74) is -0.437. The number of nitrogens with zero attached hydrogens (tertiary/aromatic N) is 2. The van der Waals surface area contributed by atoms with Crippen molar-refractivity contribution < 1.29 is 28.5 Å². The molecule has 1 unspecified atom stereocenters. The Balaban J connectivity index is 1.51. The maximum atomic E-state index is 15.3. The highest BCUT2D eigenvalue weighted by Gasteiger charge is 2.49. The maximum absolute atomic E-state index is 15.3. The summed E-state index contributed by atoms with van der Waals surface area (Å²) in [6.07, 6.45) is -5.04. The monoisotopic (exact) mass is 470 g/mol. The number of hydrogen-bond acceptors (Lipinski definition) is 7. The van der Waals surface area contributed by atoms with Crippen LogP contribution in [0.15, 0.2) is 82.5 Å². The number of ether oxygens (including phenoxy) is 3. The minimum absolute atomic E-state index is 0.164. The molecule has 0 radical (unpaired) electrons. The highest BCUT2D eigenvalue weighted by molar-refractivity contribution is 5.89. The maximum Gasteiger partial charge on any atom is 0.338 e. The summed E-state index contributed by atoms with van der Waals surface area (Å²) in [5.74, 6) is -0.789. The van der Waals surface area contributed by atoms with Crippen molar-refractivity contribution in [2.75, 3.05) is 6.61 Å². The Bertz CT molecular complexity index is 1230. The first kappa shape index (κ1) is 23.6. The van der Waals surface area contributed by atoms with E-state index in [9.17, 15) is 19.5 Å². The standard InChI is InChI=1S/C24H23FN2O7/c25-20-21(34-23(30)17-9-5-2-6-10-17)18(13-28)33-22(20)26-12-11-19(29)27(24(26)31)15-32-14-16-7-3-1-4-8-16/h1-12,18,20-22,28H,13-15H2/t18-,20?,21-,22-/m1/s1. The van der Waals surface area contributed by atoms with Crippen LogP contribution in [0.1, 0.15) is 22.1 Å². The predicted octanol–water partition coefficient (Wildman–Crippen LogP) is 1.64. The Morgan fingerprint density at radius 3 is 2.38 bits per heavy atom. The van der Waals surface area contributed by atoms with Gasteiger partial charge >= 0.3 is 11.7 Å². The van der Waals surface area contributed by atoms with E-state index in [4.69, 9.17) is 14.2 Å². The number of halogens is 1. The molecule has 2 heterocycles. The molecule has 1 N–H and O–H groups in total. The van der Waals surface area contributed by atoms with Crippen LogP contribution in [0.25, 0.3) is 0 Å². The van der Waals surface area contributed by atoms with E-state index in [-0.39, 0.29) is 18.9 Å². The normalized spacial score (nSPS) is 21.9. The minimum atomic E-state index is -1.97. The molecule has 0 spiro atoms. The van der Waals surface area contributed by atoms with E-state index in [1.807, 2.05) is 30.3 Å². The smallest absolute Gasteiger partial charge is 0.338 e. The SMILES string of the molecule is O=C(O[C@H]1C(F)[C@H](n2ccc(=O)n(COCc3ccccc3)c2=O)O[C@@H]1CO)c1ccccc1. The average Bonchev–Trinajstić information content (AvgIpc) is 3.17. The second kappa shape index (κ2) is 10.6. The van der Waals surface area contributed by atoms with Gasteiger partial charge in [-0.05, 0) is 17.7 Å². The molecular formula is C24H23FN2O7. The van der Waals surface area contributed by atoms with Crippen molar-refractivity contribution in [2.24, 2.45) is 0 Å². The molecule has 4 rings (SSSR count). The Morgan fingerprint density at radius 1 is 1.03 bits per heavy atom. The number of hydrogen-bond donors (Lipinski definition) is 1. The summed E-state index contributed by atoms with van der Waals surface area (Å²) in [7, 11) is 0. The van der Waals surface area contributed by atoms with Gasteiger partial charge in [0.25, 0.3) is 5.56 Å². The first-order chi connectivity index (χ1) is 16.5. The van der Waals surface area contributed by atoms with Crippen molar-refractivity contribution in [1.82, 2.24) is 9.13 Å². The molecule has 0 saturated carbocycles. The van der Waals surface area contributed by atoms with E-state index in [2.05, 4.69) is 0 Å². The molecule has 2 aromatic carbocycles. The molecule has 1 aliphatic heterocycles. The van der Waals surface area contributed by atoms with Crippen molar-refractivity contribution in [3.63, 3.8) is 0 Å². The van der Waals surface area contributed by atoms with Crippen LogP contribution >= 0.6 is 0 Å². The molecular weight excluding hydrogens is 447 g/mol. The van der Waals surface area contributed by atoms with Gasteiger partial charge in [-0.2, -0.15) is 0 Å². The lowest BCUT2D eigenvalue weighted by Gasteiger charge is -2.19. The minimum Gasteiger partial charge on any atom is -0.453 e. The van der Waals surface area contributed by atoms with E-state index in [0.717, 1.165) is 27.0 Å². The van der Waals surface area contributed by atoms with Gasteiger partial charge in [-0.25, -0.2) is 18.5 Å². The van der Waals surface area contributed by atoms with Gasteiger partial charge in [0, 0.05) is 12.3 Å². The van der Waals surface area contributed by atoms with E-state index < -0.39 is 48.4 Å². The molecule has 10 heteroatoms. The Kier molecular flexibility index (Phi) is 7.31. The molecule has 1 saturated heterocycles. The van der Waals surface area contributed by atoms with Crippen LogP contribution in [0.4, 0.5) is 4.39 Å².